The van der Waals surface area contributed by atoms with E-state index < -0.39 is 5.41 Å². The van der Waals surface area contributed by atoms with E-state index in [4.69, 9.17) is 0 Å². The number of rotatable bonds is 6. The molecule has 3 aromatic rings. The molecule has 30 heavy (non-hydrogen) atoms. The van der Waals surface area contributed by atoms with Gasteiger partial charge in [0.25, 0.3) is 0 Å². The number of hydrogen-bond acceptors (Lipinski definition) is 4. The number of carbonyl (C=O) groups is 1. The number of aromatic nitrogens is 2. The fourth-order valence-electron chi connectivity index (χ4n) is 4.60. The normalized spacial score (nSPS) is 19.4. The maximum absolute atomic E-state index is 13.2. The number of carbonyl (C=O) groups excluding carboxylic acids is 1. The molecule has 0 spiro atoms. The van der Waals surface area contributed by atoms with Gasteiger partial charge in [-0.2, -0.15) is 0 Å². The maximum Gasteiger partial charge on any atom is 0.227 e. The minimum Gasteiger partial charge on any atom is -0.359 e. The van der Waals surface area contributed by atoms with Gasteiger partial charge in [-0.15, -0.1) is 0 Å². The molecular formula is C25H28N4O. The van der Waals surface area contributed by atoms with Crippen molar-refractivity contribution >= 4 is 5.91 Å². The van der Waals surface area contributed by atoms with Crippen molar-refractivity contribution in [3.8, 4) is 11.1 Å². The van der Waals surface area contributed by atoms with Crippen molar-refractivity contribution in [3.05, 3.63) is 84.4 Å². The van der Waals surface area contributed by atoms with Gasteiger partial charge in [-0.05, 0) is 55.1 Å². The predicted molar refractivity (Wildman–Crippen MR) is 119 cm³/mol. The van der Waals surface area contributed by atoms with Crippen LogP contribution in [0.15, 0.2) is 73.2 Å². The number of amides is 1. The third kappa shape index (κ3) is 4.41. The van der Waals surface area contributed by atoms with E-state index in [1.54, 1.807) is 13.2 Å². The molecule has 1 aliphatic rings. The highest BCUT2D eigenvalue weighted by Crippen LogP contribution is 2.37. The molecule has 5 heteroatoms. The lowest BCUT2D eigenvalue weighted by Gasteiger charge is -2.42. The van der Waals surface area contributed by atoms with Crippen LogP contribution in [0.4, 0.5) is 0 Å². The Hall–Kier alpha value is -3.05. The first-order valence-electron chi connectivity index (χ1n) is 10.5. The summed E-state index contributed by atoms with van der Waals surface area (Å²) in [4.78, 5) is 24.3. The molecule has 0 bridgehead atoms. The summed E-state index contributed by atoms with van der Waals surface area (Å²) in [5.41, 5.74) is 4.01. The van der Waals surface area contributed by atoms with Gasteiger partial charge in [0, 0.05) is 44.3 Å². The van der Waals surface area contributed by atoms with Crippen LogP contribution in [0.1, 0.15) is 24.1 Å². The number of hydrogen-bond donors (Lipinski definition) is 1. The van der Waals surface area contributed by atoms with E-state index in [9.17, 15) is 4.79 Å². The lowest BCUT2D eigenvalue weighted by Crippen LogP contribution is -2.52. The lowest BCUT2D eigenvalue weighted by atomic mass is 9.73. The fraction of sp³-hybridized carbons (Fsp3) is 0.320. The largest absolute Gasteiger partial charge is 0.359 e. The summed E-state index contributed by atoms with van der Waals surface area (Å²) >= 11 is 0. The Bertz CT molecular complexity index is 977. The second kappa shape index (κ2) is 9.18. The zero-order chi connectivity index (χ0) is 20.8. The minimum absolute atomic E-state index is 0.120. The highest BCUT2D eigenvalue weighted by Gasteiger charge is 2.42. The van der Waals surface area contributed by atoms with Crippen molar-refractivity contribution in [2.24, 2.45) is 5.41 Å². The first-order chi connectivity index (χ1) is 14.7. The molecule has 1 aliphatic heterocycles. The molecule has 154 valence electrons. The first kappa shape index (κ1) is 20.2. The predicted octanol–water partition coefficient (Wildman–Crippen LogP) is 3.71. The van der Waals surface area contributed by atoms with Crippen molar-refractivity contribution < 1.29 is 4.79 Å². The average molecular weight is 401 g/mol. The van der Waals surface area contributed by atoms with Crippen molar-refractivity contribution in [1.82, 2.24) is 20.2 Å². The van der Waals surface area contributed by atoms with Crippen LogP contribution >= 0.6 is 0 Å². The van der Waals surface area contributed by atoms with Crippen LogP contribution in [-0.2, 0) is 17.8 Å². The molecule has 1 fully saturated rings. The zero-order valence-electron chi connectivity index (χ0n) is 17.4. The molecular weight excluding hydrogens is 372 g/mol. The summed E-state index contributed by atoms with van der Waals surface area (Å²) in [6, 6.07) is 18.4. The van der Waals surface area contributed by atoms with E-state index in [0.29, 0.717) is 6.42 Å². The van der Waals surface area contributed by atoms with Crippen LogP contribution in [0.3, 0.4) is 0 Å². The maximum atomic E-state index is 13.2. The third-order valence-electron chi connectivity index (χ3n) is 6.00. The Labute approximate surface area is 178 Å². The zero-order valence-corrected chi connectivity index (χ0v) is 17.4. The molecule has 3 heterocycles. The molecule has 1 unspecified atom stereocenters. The molecule has 1 aromatic carbocycles. The van der Waals surface area contributed by atoms with Crippen LogP contribution in [0.5, 0.6) is 0 Å². The van der Waals surface area contributed by atoms with E-state index in [-0.39, 0.29) is 5.91 Å². The van der Waals surface area contributed by atoms with Crippen molar-refractivity contribution in [3.63, 3.8) is 0 Å². The lowest BCUT2D eigenvalue weighted by molar-refractivity contribution is -0.134. The Balaban J connectivity index is 1.63. The average Bonchev–Trinajstić information content (AvgIpc) is 2.80. The van der Waals surface area contributed by atoms with Crippen LogP contribution in [0, 0.1) is 5.41 Å². The quantitative estimate of drug-likeness (QED) is 0.685. The summed E-state index contributed by atoms with van der Waals surface area (Å²) < 4.78 is 0. The molecule has 1 N–H and O–H groups in total. The van der Waals surface area contributed by atoms with Crippen LogP contribution < -0.4 is 5.32 Å². The Kier molecular flexibility index (Phi) is 6.19. The highest BCUT2D eigenvalue weighted by molar-refractivity contribution is 5.83. The van der Waals surface area contributed by atoms with E-state index in [1.165, 1.54) is 5.56 Å². The smallest absolute Gasteiger partial charge is 0.227 e. The van der Waals surface area contributed by atoms with Gasteiger partial charge in [0.05, 0.1) is 11.1 Å². The molecule has 1 amide bonds. The summed E-state index contributed by atoms with van der Waals surface area (Å²) in [6.45, 7) is 2.48. The van der Waals surface area contributed by atoms with E-state index >= 15 is 0 Å². The third-order valence-corrected chi connectivity index (χ3v) is 6.00. The standard InChI is InChI=1S/C25H28N4O/c1-26-24(30)25(12-7-15-29(19-25)18-22-10-4-5-14-28-22)16-20-8-2-3-11-23(20)21-9-6-13-27-17-21/h2-6,8-11,13-14,17H,7,12,15-16,18-19H2,1H3,(H,26,30). The fourth-order valence-corrected chi connectivity index (χ4v) is 4.60. The molecule has 5 nitrogen and oxygen atoms in total. The Morgan fingerprint density at radius 3 is 2.73 bits per heavy atom. The molecule has 0 saturated carbocycles. The summed E-state index contributed by atoms with van der Waals surface area (Å²) in [5, 5.41) is 2.95. The van der Waals surface area contributed by atoms with Gasteiger partial charge < -0.3 is 5.32 Å². The van der Waals surface area contributed by atoms with Gasteiger partial charge in [-0.1, -0.05) is 36.4 Å². The van der Waals surface area contributed by atoms with Gasteiger partial charge in [0.2, 0.25) is 5.91 Å². The van der Waals surface area contributed by atoms with Gasteiger partial charge in [0.1, 0.15) is 0 Å². The van der Waals surface area contributed by atoms with Gasteiger partial charge in [-0.25, -0.2) is 0 Å². The number of benzene rings is 1. The van der Waals surface area contributed by atoms with Crippen molar-refractivity contribution in [2.75, 3.05) is 20.1 Å². The SMILES string of the molecule is CNC(=O)C1(Cc2ccccc2-c2cccnc2)CCCN(Cc2ccccn2)C1. The molecule has 2 aromatic heterocycles. The summed E-state index contributed by atoms with van der Waals surface area (Å²) in [5.74, 6) is 0.120. The van der Waals surface area contributed by atoms with Gasteiger partial charge in [0.15, 0.2) is 0 Å². The number of pyridine rings is 2. The van der Waals surface area contributed by atoms with Crippen LogP contribution in [0.2, 0.25) is 0 Å². The van der Waals surface area contributed by atoms with Crippen LogP contribution in [-0.4, -0.2) is 40.9 Å². The Morgan fingerprint density at radius 1 is 1.10 bits per heavy atom. The van der Waals surface area contributed by atoms with Crippen LogP contribution in [0.25, 0.3) is 11.1 Å². The second-order valence-corrected chi connectivity index (χ2v) is 8.07. The monoisotopic (exact) mass is 400 g/mol. The molecule has 1 saturated heterocycles. The minimum atomic E-state index is -0.458. The topological polar surface area (TPSA) is 58.1 Å². The highest BCUT2D eigenvalue weighted by atomic mass is 16.2. The number of likely N-dealkylation sites (tertiary alicyclic amines) is 1. The number of nitrogens with zero attached hydrogens (tertiary/aromatic N) is 3. The van der Waals surface area contributed by atoms with E-state index in [0.717, 1.165) is 49.3 Å². The van der Waals surface area contributed by atoms with E-state index in [1.807, 2.05) is 42.7 Å². The molecule has 4 rings (SSSR count). The number of nitrogens with one attached hydrogen (secondary N) is 1. The van der Waals surface area contributed by atoms with Crippen molar-refractivity contribution in [2.45, 2.75) is 25.8 Å². The van der Waals surface area contributed by atoms with E-state index in [2.05, 4.69) is 44.5 Å². The second-order valence-electron chi connectivity index (χ2n) is 8.07. The number of piperidine rings is 1. The van der Waals surface area contributed by atoms with Crippen molar-refractivity contribution in [1.29, 1.82) is 0 Å². The molecule has 0 radical (unpaired) electrons. The summed E-state index contributed by atoms with van der Waals surface area (Å²) in [7, 11) is 1.74. The first-order valence-corrected chi connectivity index (χ1v) is 10.5. The summed E-state index contributed by atoms with van der Waals surface area (Å²) in [6.07, 6.45) is 8.09. The van der Waals surface area contributed by atoms with Gasteiger partial charge >= 0.3 is 0 Å². The molecule has 0 aliphatic carbocycles. The van der Waals surface area contributed by atoms with Gasteiger partial charge in [-0.3, -0.25) is 19.7 Å². The molecule has 1 atom stereocenters. The Morgan fingerprint density at radius 2 is 1.97 bits per heavy atom.